The van der Waals surface area contributed by atoms with E-state index in [-0.39, 0.29) is 34.8 Å². The van der Waals surface area contributed by atoms with Crippen LogP contribution < -0.4 is 10.7 Å². The maximum atomic E-state index is 11.8. The topological polar surface area (TPSA) is 90.6 Å². The van der Waals surface area contributed by atoms with Gasteiger partial charge in [-0.05, 0) is 31.4 Å². The Hall–Kier alpha value is -2.01. The van der Waals surface area contributed by atoms with Crippen LogP contribution in [0.1, 0.15) is 17.5 Å². The maximum absolute atomic E-state index is 11.8. The molecule has 0 amide bonds. The highest BCUT2D eigenvalue weighted by molar-refractivity contribution is 6.32. The Kier molecular flexibility index (Phi) is 3.48. The summed E-state index contributed by atoms with van der Waals surface area (Å²) in [5.74, 6) is -1.41. The number of halogens is 1. The summed E-state index contributed by atoms with van der Waals surface area (Å²) in [6, 6.07) is 2.74. The van der Waals surface area contributed by atoms with Gasteiger partial charge in [-0.2, -0.15) is 0 Å². The van der Waals surface area contributed by atoms with Crippen LogP contribution in [-0.4, -0.2) is 11.1 Å². The van der Waals surface area contributed by atoms with Crippen molar-refractivity contribution in [1.82, 2.24) is 0 Å². The number of aryl methyl sites for hydroxylation is 1. The Morgan fingerprint density at radius 2 is 2.16 bits per heavy atom. The molecule has 0 aliphatic carbocycles. The van der Waals surface area contributed by atoms with Crippen LogP contribution in [0, 0.1) is 6.92 Å². The number of aliphatic carboxylic acids is 1. The molecule has 1 aromatic carbocycles. The molecule has 19 heavy (non-hydrogen) atoms. The van der Waals surface area contributed by atoms with Gasteiger partial charge in [0, 0.05) is 23.0 Å². The average molecular weight is 282 g/mol. The molecule has 0 radical (unpaired) electrons. The second-order valence-electron chi connectivity index (χ2n) is 4.16. The quantitative estimate of drug-likeness (QED) is 0.852. The molecule has 0 saturated heterocycles. The molecule has 1 heterocycles. The normalized spacial score (nSPS) is 10.8. The molecule has 5 nitrogen and oxygen atoms in total. The fourth-order valence-electron chi connectivity index (χ4n) is 1.91. The number of benzene rings is 1. The molecule has 2 aromatic rings. The van der Waals surface area contributed by atoms with Crippen LogP contribution in [0.5, 0.6) is 5.75 Å². The predicted octanol–water partition coefficient (Wildman–Crippen LogP) is 1.14. The fourth-order valence-corrected chi connectivity index (χ4v) is 2.08. The molecule has 0 unspecified atom stereocenters. The van der Waals surface area contributed by atoms with Gasteiger partial charge >= 0.3 is 5.63 Å². The van der Waals surface area contributed by atoms with Crippen LogP contribution in [0.4, 0.5) is 0 Å². The first-order valence-electron chi connectivity index (χ1n) is 5.55. The predicted molar refractivity (Wildman–Crippen MR) is 67.2 cm³/mol. The summed E-state index contributed by atoms with van der Waals surface area (Å²) in [4.78, 5) is 22.2. The summed E-state index contributed by atoms with van der Waals surface area (Å²) < 4.78 is 5.05. The van der Waals surface area contributed by atoms with Gasteiger partial charge in [0.1, 0.15) is 11.3 Å². The van der Waals surface area contributed by atoms with Crippen molar-refractivity contribution < 1.29 is 19.4 Å². The van der Waals surface area contributed by atoms with Gasteiger partial charge in [-0.15, -0.1) is 0 Å². The first-order chi connectivity index (χ1) is 8.90. The fraction of sp³-hybridized carbons (Fsp3) is 0.231. The van der Waals surface area contributed by atoms with Crippen LogP contribution >= 0.6 is 11.6 Å². The summed E-state index contributed by atoms with van der Waals surface area (Å²) in [5.41, 5.74) is 0.461. The minimum absolute atomic E-state index is 0.0327. The first kappa shape index (κ1) is 13.4. The monoisotopic (exact) mass is 281 g/mol. The van der Waals surface area contributed by atoms with Crippen molar-refractivity contribution in [1.29, 1.82) is 0 Å². The molecular formula is C13H10ClO5-. The van der Waals surface area contributed by atoms with Crippen molar-refractivity contribution in [3.63, 3.8) is 0 Å². The van der Waals surface area contributed by atoms with Crippen LogP contribution in [0.3, 0.4) is 0 Å². The highest BCUT2D eigenvalue weighted by Crippen LogP contribution is 2.30. The van der Waals surface area contributed by atoms with Crippen molar-refractivity contribution in [2.75, 3.05) is 0 Å². The number of rotatable bonds is 3. The number of hydrogen-bond acceptors (Lipinski definition) is 5. The molecule has 1 aromatic heterocycles. The smallest absolute Gasteiger partial charge is 0.339 e. The van der Waals surface area contributed by atoms with Gasteiger partial charge in [-0.25, -0.2) is 4.79 Å². The van der Waals surface area contributed by atoms with Gasteiger partial charge in [0.05, 0.1) is 5.02 Å². The Morgan fingerprint density at radius 3 is 2.79 bits per heavy atom. The number of aromatic hydroxyl groups is 1. The number of fused-ring (bicyclic) bond motifs is 1. The van der Waals surface area contributed by atoms with E-state index in [1.54, 1.807) is 6.92 Å². The van der Waals surface area contributed by atoms with Gasteiger partial charge < -0.3 is 19.4 Å². The molecule has 2 rings (SSSR count). The van der Waals surface area contributed by atoms with Crippen molar-refractivity contribution in [2.45, 2.75) is 19.8 Å². The van der Waals surface area contributed by atoms with Gasteiger partial charge in [0.2, 0.25) is 0 Å². The van der Waals surface area contributed by atoms with E-state index in [0.29, 0.717) is 10.9 Å². The summed E-state index contributed by atoms with van der Waals surface area (Å²) >= 11 is 5.81. The zero-order chi connectivity index (χ0) is 14.2. The maximum Gasteiger partial charge on any atom is 0.339 e. The third-order valence-corrected chi connectivity index (χ3v) is 3.24. The van der Waals surface area contributed by atoms with Gasteiger partial charge in [-0.3, -0.25) is 0 Å². The van der Waals surface area contributed by atoms with E-state index in [4.69, 9.17) is 16.0 Å². The molecule has 0 fully saturated rings. The zero-order valence-electron chi connectivity index (χ0n) is 10.0. The van der Waals surface area contributed by atoms with Crippen LogP contribution in [0.2, 0.25) is 5.02 Å². The number of carbonyl (C=O) groups excluding carboxylic acids is 1. The first-order valence-corrected chi connectivity index (χ1v) is 5.92. The lowest BCUT2D eigenvalue weighted by molar-refractivity contribution is -0.305. The second kappa shape index (κ2) is 4.93. The van der Waals surface area contributed by atoms with Gasteiger partial charge in [0.15, 0.2) is 0 Å². The Balaban J connectivity index is 2.64. The molecule has 0 atom stereocenters. The second-order valence-corrected chi connectivity index (χ2v) is 4.57. The number of hydrogen-bond donors (Lipinski definition) is 1. The summed E-state index contributed by atoms with van der Waals surface area (Å²) in [7, 11) is 0. The Morgan fingerprint density at radius 1 is 1.47 bits per heavy atom. The number of carboxylic acids is 1. The number of phenols is 1. The highest BCUT2D eigenvalue weighted by atomic mass is 35.5. The van der Waals surface area contributed by atoms with E-state index < -0.39 is 11.6 Å². The van der Waals surface area contributed by atoms with E-state index in [9.17, 15) is 19.8 Å². The minimum Gasteiger partial charge on any atom is -0.550 e. The van der Waals surface area contributed by atoms with Crippen molar-refractivity contribution in [2.24, 2.45) is 0 Å². The minimum atomic E-state index is -1.23. The summed E-state index contributed by atoms with van der Waals surface area (Å²) in [5, 5.41) is 20.6. The van der Waals surface area contributed by atoms with E-state index in [2.05, 4.69) is 0 Å². The molecule has 100 valence electrons. The van der Waals surface area contributed by atoms with Gasteiger partial charge in [-0.1, -0.05) is 11.6 Å². The molecule has 0 bridgehead atoms. The number of phenolic OH excluding ortho intramolecular Hbond substituents is 1. The largest absolute Gasteiger partial charge is 0.550 e. The number of carbonyl (C=O) groups is 1. The standard InChI is InChI=1S/C13H11ClO5/c1-6-7(2-3-12(16)17)13(18)19-11-5-10(15)9(14)4-8(6)11/h4-5,15H,2-3H2,1H3,(H,16,17)/p-1. The van der Waals surface area contributed by atoms with Crippen molar-refractivity contribution >= 4 is 28.5 Å². The summed E-state index contributed by atoms with van der Waals surface area (Å²) in [6.45, 7) is 1.68. The Labute approximate surface area is 113 Å². The van der Waals surface area contributed by atoms with E-state index in [1.807, 2.05) is 0 Å². The lowest BCUT2D eigenvalue weighted by atomic mass is 10.0. The number of carboxylic acid groups (broad SMARTS) is 1. The Bertz CT molecular complexity index is 717. The van der Waals surface area contributed by atoms with Gasteiger partial charge in [0.25, 0.3) is 0 Å². The van der Waals surface area contributed by atoms with Crippen LogP contribution in [-0.2, 0) is 11.2 Å². The van der Waals surface area contributed by atoms with Crippen LogP contribution in [0.25, 0.3) is 11.0 Å². The lowest BCUT2D eigenvalue weighted by Gasteiger charge is -2.09. The molecule has 0 aliphatic heterocycles. The molecule has 0 aliphatic rings. The molecule has 6 heteroatoms. The average Bonchev–Trinajstić information content (AvgIpc) is 2.31. The highest BCUT2D eigenvalue weighted by Gasteiger charge is 2.13. The van der Waals surface area contributed by atoms with Crippen LogP contribution in [0.15, 0.2) is 21.3 Å². The SMILES string of the molecule is Cc1c(CCC(=O)[O-])c(=O)oc2cc(O)c(Cl)cc12. The van der Waals surface area contributed by atoms with E-state index in [0.717, 1.165) is 0 Å². The van der Waals surface area contributed by atoms with E-state index in [1.165, 1.54) is 12.1 Å². The molecule has 0 spiro atoms. The third-order valence-electron chi connectivity index (χ3n) is 2.93. The lowest BCUT2D eigenvalue weighted by Crippen LogP contribution is -2.24. The molecule has 0 saturated carbocycles. The van der Waals surface area contributed by atoms with E-state index >= 15 is 0 Å². The third kappa shape index (κ3) is 2.56. The molecular weight excluding hydrogens is 272 g/mol. The molecule has 1 N–H and O–H groups in total. The summed E-state index contributed by atoms with van der Waals surface area (Å²) in [6.07, 6.45) is -0.228. The van der Waals surface area contributed by atoms with Crippen molar-refractivity contribution in [3.8, 4) is 5.75 Å². The zero-order valence-corrected chi connectivity index (χ0v) is 10.8. The van der Waals surface area contributed by atoms with Crippen molar-refractivity contribution in [3.05, 3.63) is 38.7 Å².